The van der Waals surface area contributed by atoms with Crippen LogP contribution in [-0.2, 0) is 4.79 Å². The number of rotatable bonds is 5. The van der Waals surface area contributed by atoms with Crippen LogP contribution in [0, 0.1) is 12.3 Å². The van der Waals surface area contributed by atoms with E-state index in [1.165, 1.54) is 12.0 Å². The molecule has 1 amide bonds. The molecule has 2 rings (SSSR count). The van der Waals surface area contributed by atoms with Gasteiger partial charge in [-0.25, -0.2) is 0 Å². The first kappa shape index (κ1) is 14.9. The number of nitrogens with two attached hydrogens (primary N) is 1. The summed E-state index contributed by atoms with van der Waals surface area (Å²) in [7, 11) is 4.01. The van der Waals surface area contributed by atoms with Crippen LogP contribution in [0.5, 0.6) is 0 Å². The molecule has 1 saturated carbocycles. The Balaban J connectivity index is 2.02. The lowest BCUT2D eigenvalue weighted by Gasteiger charge is -2.40. The smallest absolute Gasteiger partial charge is 0.224 e. The number of carbonyl (C=O) groups excluding carboxylic acids is 1. The number of nitrogens with zero attached hydrogens (tertiary/aromatic N) is 1. The maximum absolute atomic E-state index is 12.2. The number of benzene rings is 1. The molecule has 4 heteroatoms. The van der Waals surface area contributed by atoms with Gasteiger partial charge in [0, 0.05) is 31.9 Å². The molecular formula is C16H25N3O. The van der Waals surface area contributed by atoms with Crippen LogP contribution in [0.15, 0.2) is 18.2 Å². The fraction of sp³-hybridized carbons (Fsp3) is 0.562. The minimum atomic E-state index is 0.0547. The molecule has 110 valence electrons. The fourth-order valence-electron chi connectivity index (χ4n) is 2.84. The second-order valence-electron chi connectivity index (χ2n) is 6.18. The van der Waals surface area contributed by atoms with Crippen LogP contribution in [0.4, 0.5) is 11.4 Å². The van der Waals surface area contributed by atoms with Crippen LogP contribution in [0.1, 0.15) is 31.2 Å². The SMILES string of the molecule is Cc1ccc(NC(=O)CC2(CN)CCC2)cc1N(C)C. The van der Waals surface area contributed by atoms with Crippen LogP contribution in [0.2, 0.25) is 0 Å². The first-order chi connectivity index (χ1) is 9.46. The number of carbonyl (C=O) groups is 1. The summed E-state index contributed by atoms with van der Waals surface area (Å²) in [6, 6.07) is 6.01. The Morgan fingerprint density at radius 3 is 2.60 bits per heavy atom. The van der Waals surface area contributed by atoms with Crippen molar-refractivity contribution in [3.63, 3.8) is 0 Å². The monoisotopic (exact) mass is 275 g/mol. The van der Waals surface area contributed by atoms with E-state index in [2.05, 4.69) is 17.1 Å². The molecule has 1 aromatic carbocycles. The van der Waals surface area contributed by atoms with Crippen molar-refractivity contribution in [3.05, 3.63) is 23.8 Å². The average molecular weight is 275 g/mol. The number of amides is 1. The zero-order valence-electron chi connectivity index (χ0n) is 12.7. The van der Waals surface area contributed by atoms with Gasteiger partial charge in [-0.15, -0.1) is 0 Å². The maximum Gasteiger partial charge on any atom is 0.224 e. The van der Waals surface area contributed by atoms with Gasteiger partial charge in [0.2, 0.25) is 5.91 Å². The lowest BCUT2D eigenvalue weighted by Crippen LogP contribution is -2.40. The average Bonchev–Trinajstić information content (AvgIpc) is 2.36. The van der Waals surface area contributed by atoms with Gasteiger partial charge in [-0.3, -0.25) is 4.79 Å². The molecule has 1 aromatic rings. The first-order valence-corrected chi connectivity index (χ1v) is 7.24. The van der Waals surface area contributed by atoms with E-state index in [1.807, 2.05) is 32.3 Å². The molecule has 0 unspecified atom stereocenters. The molecule has 0 aromatic heterocycles. The van der Waals surface area contributed by atoms with Gasteiger partial charge in [-0.05, 0) is 49.4 Å². The maximum atomic E-state index is 12.2. The quantitative estimate of drug-likeness (QED) is 0.868. The summed E-state index contributed by atoms with van der Waals surface area (Å²) >= 11 is 0. The highest BCUT2D eigenvalue weighted by atomic mass is 16.1. The van der Waals surface area contributed by atoms with Crippen molar-refractivity contribution in [2.45, 2.75) is 32.6 Å². The van der Waals surface area contributed by atoms with Gasteiger partial charge in [-0.1, -0.05) is 12.5 Å². The molecule has 0 aliphatic heterocycles. The summed E-state index contributed by atoms with van der Waals surface area (Å²) in [5, 5.41) is 3.00. The zero-order valence-corrected chi connectivity index (χ0v) is 12.7. The topological polar surface area (TPSA) is 58.4 Å². The number of hydrogen-bond donors (Lipinski definition) is 2. The molecule has 0 heterocycles. The summed E-state index contributed by atoms with van der Waals surface area (Å²) in [5.74, 6) is 0.0729. The molecule has 0 atom stereocenters. The number of hydrogen-bond acceptors (Lipinski definition) is 3. The molecule has 0 saturated heterocycles. The van der Waals surface area contributed by atoms with E-state index in [0.717, 1.165) is 24.2 Å². The minimum Gasteiger partial charge on any atom is -0.377 e. The van der Waals surface area contributed by atoms with E-state index < -0.39 is 0 Å². The Bertz CT molecular complexity index is 487. The molecule has 1 aliphatic rings. The van der Waals surface area contributed by atoms with Crippen molar-refractivity contribution in [3.8, 4) is 0 Å². The van der Waals surface area contributed by atoms with Gasteiger partial charge in [0.25, 0.3) is 0 Å². The van der Waals surface area contributed by atoms with E-state index in [9.17, 15) is 4.79 Å². The van der Waals surface area contributed by atoms with Crippen LogP contribution in [-0.4, -0.2) is 26.5 Å². The largest absolute Gasteiger partial charge is 0.377 e. The van der Waals surface area contributed by atoms with E-state index in [1.54, 1.807) is 0 Å². The summed E-state index contributed by atoms with van der Waals surface area (Å²) in [4.78, 5) is 14.2. The van der Waals surface area contributed by atoms with E-state index in [4.69, 9.17) is 5.73 Å². The molecule has 1 aliphatic carbocycles. The van der Waals surface area contributed by atoms with Crippen LogP contribution in [0.3, 0.4) is 0 Å². The van der Waals surface area contributed by atoms with Crippen molar-refractivity contribution in [2.24, 2.45) is 11.1 Å². The van der Waals surface area contributed by atoms with Gasteiger partial charge >= 0.3 is 0 Å². The van der Waals surface area contributed by atoms with Gasteiger partial charge in [0.15, 0.2) is 0 Å². The molecule has 4 nitrogen and oxygen atoms in total. The van der Waals surface area contributed by atoms with Gasteiger partial charge in [0.1, 0.15) is 0 Å². The third-order valence-corrected chi connectivity index (χ3v) is 4.36. The Morgan fingerprint density at radius 2 is 2.10 bits per heavy atom. The third kappa shape index (κ3) is 3.12. The molecular weight excluding hydrogens is 250 g/mol. The number of anilines is 2. The molecule has 0 spiro atoms. The summed E-state index contributed by atoms with van der Waals surface area (Å²) < 4.78 is 0. The minimum absolute atomic E-state index is 0.0547. The van der Waals surface area contributed by atoms with Crippen molar-refractivity contribution in [1.82, 2.24) is 0 Å². The van der Waals surface area contributed by atoms with E-state index in [-0.39, 0.29) is 11.3 Å². The second kappa shape index (κ2) is 5.83. The Kier molecular flexibility index (Phi) is 4.33. The van der Waals surface area contributed by atoms with Gasteiger partial charge < -0.3 is 16.0 Å². The second-order valence-corrected chi connectivity index (χ2v) is 6.18. The Labute approximate surface area is 121 Å². The molecule has 1 fully saturated rings. The van der Waals surface area contributed by atoms with Gasteiger partial charge in [-0.2, -0.15) is 0 Å². The Morgan fingerprint density at radius 1 is 1.40 bits per heavy atom. The predicted molar refractivity (Wildman–Crippen MR) is 84.1 cm³/mol. The first-order valence-electron chi connectivity index (χ1n) is 7.24. The standard InChI is InChI=1S/C16H25N3O/c1-12-5-6-13(9-14(12)19(2)3)18-15(20)10-16(11-17)7-4-8-16/h5-6,9H,4,7-8,10-11,17H2,1-3H3,(H,18,20). The predicted octanol–water partition coefficient (Wildman–Crippen LogP) is 2.52. The molecule has 3 N–H and O–H groups in total. The van der Waals surface area contributed by atoms with E-state index >= 15 is 0 Å². The highest BCUT2D eigenvalue weighted by Gasteiger charge is 2.37. The third-order valence-electron chi connectivity index (χ3n) is 4.36. The van der Waals surface area contributed by atoms with Crippen molar-refractivity contribution >= 4 is 17.3 Å². The van der Waals surface area contributed by atoms with E-state index in [0.29, 0.717) is 13.0 Å². The van der Waals surface area contributed by atoms with Gasteiger partial charge in [0.05, 0.1) is 0 Å². The molecule has 0 radical (unpaired) electrons. The normalized spacial score (nSPS) is 16.4. The highest BCUT2D eigenvalue weighted by Crippen LogP contribution is 2.43. The highest BCUT2D eigenvalue weighted by molar-refractivity contribution is 5.92. The van der Waals surface area contributed by atoms with Crippen molar-refractivity contribution in [2.75, 3.05) is 30.9 Å². The summed E-state index contributed by atoms with van der Waals surface area (Å²) in [6.45, 7) is 2.68. The number of aryl methyl sites for hydroxylation is 1. The number of nitrogens with one attached hydrogen (secondary N) is 1. The lowest BCUT2D eigenvalue weighted by atomic mass is 9.66. The molecule has 20 heavy (non-hydrogen) atoms. The molecule has 0 bridgehead atoms. The fourth-order valence-corrected chi connectivity index (χ4v) is 2.84. The lowest BCUT2D eigenvalue weighted by molar-refractivity contribution is -0.119. The van der Waals surface area contributed by atoms with Crippen molar-refractivity contribution in [1.29, 1.82) is 0 Å². The van der Waals surface area contributed by atoms with Crippen LogP contribution >= 0.6 is 0 Å². The summed E-state index contributed by atoms with van der Waals surface area (Å²) in [5.41, 5.74) is 9.04. The van der Waals surface area contributed by atoms with Crippen LogP contribution in [0.25, 0.3) is 0 Å². The van der Waals surface area contributed by atoms with Crippen molar-refractivity contribution < 1.29 is 4.79 Å². The van der Waals surface area contributed by atoms with Crippen LogP contribution < -0.4 is 16.0 Å². The Hall–Kier alpha value is -1.55. The zero-order chi connectivity index (χ0) is 14.8. The summed E-state index contributed by atoms with van der Waals surface area (Å²) in [6.07, 6.45) is 3.88.